The second-order valence-electron chi connectivity index (χ2n) is 8.21. The smallest absolute Gasteiger partial charge is 0.415 e. The number of phenols is 1. The van der Waals surface area contributed by atoms with Gasteiger partial charge in [-0.25, -0.2) is 4.79 Å². The number of benzene rings is 3. The Bertz CT molecular complexity index is 1220. The largest absolute Gasteiger partial charge is 0.506 e. The van der Waals surface area contributed by atoms with Crippen LogP contribution in [0.15, 0.2) is 72.9 Å². The molecular weight excluding hydrogens is 376 g/mol. The maximum absolute atomic E-state index is 13.2. The summed E-state index contributed by atoms with van der Waals surface area (Å²) < 4.78 is 5.72. The lowest BCUT2D eigenvalue weighted by Gasteiger charge is -2.28. The Kier molecular flexibility index (Phi) is 5.04. The van der Waals surface area contributed by atoms with Crippen LogP contribution in [0.25, 0.3) is 21.7 Å². The van der Waals surface area contributed by atoms with E-state index in [1.807, 2.05) is 51.1 Å². The molecule has 0 saturated carbocycles. The number of anilines is 1. The standard InChI is InChI=1S/C25H24N2O3/c1-25(2,3)30-24(29)27(16-18-10-6-9-17-8-4-5-11-19(17)18)21-13-14-22(28)23-20(21)12-7-15-26-23/h4-15,28H,16H2,1-3H3. The van der Waals surface area contributed by atoms with E-state index in [2.05, 4.69) is 23.2 Å². The average Bonchev–Trinajstić information content (AvgIpc) is 2.72. The third kappa shape index (κ3) is 3.92. The highest BCUT2D eigenvalue weighted by molar-refractivity contribution is 6.02. The van der Waals surface area contributed by atoms with Gasteiger partial charge in [-0.1, -0.05) is 42.5 Å². The van der Waals surface area contributed by atoms with Crippen LogP contribution in [-0.2, 0) is 11.3 Å². The Morgan fingerprint density at radius 2 is 1.70 bits per heavy atom. The molecule has 5 nitrogen and oxygen atoms in total. The van der Waals surface area contributed by atoms with E-state index in [0.29, 0.717) is 23.1 Å². The molecule has 0 bridgehead atoms. The van der Waals surface area contributed by atoms with Gasteiger partial charge in [-0.2, -0.15) is 0 Å². The molecule has 152 valence electrons. The monoisotopic (exact) mass is 400 g/mol. The lowest BCUT2D eigenvalue weighted by atomic mass is 10.0. The molecule has 30 heavy (non-hydrogen) atoms. The molecule has 1 aromatic heterocycles. The van der Waals surface area contributed by atoms with Crippen molar-refractivity contribution < 1.29 is 14.6 Å². The van der Waals surface area contributed by atoms with Crippen molar-refractivity contribution in [2.24, 2.45) is 0 Å². The third-order valence-corrected chi connectivity index (χ3v) is 4.84. The molecule has 3 aromatic carbocycles. The Balaban J connectivity index is 1.86. The minimum atomic E-state index is -0.640. The summed E-state index contributed by atoms with van der Waals surface area (Å²) >= 11 is 0. The van der Waals surface area contributed by atoms with Crippen molar-refractivity contribution in [1.29, 1.82) is 0 Å². The lowest BCUT2D eigenvalue weighted by molar-refractivity contribution is 0.0578. The first-order chi connectivity index (χ1) is 14.3. The highest BCUT2D eigenvalue weighted by Crippen LogP contribution is 2.34. The number of phenolic OH excluding ortho intramolecular Hbond substituents is 1. The van der Waals surface area contributed by atoms with Crippen molar-refractivity contribution in [1.82, 2.24) is 4.98 Å². The predicted octanol–water partition coefficient (Wildman–Crippen LogP) is 6.04. The van der Waals surface area contributed by atoms with Gasteiger partial charge in [0.2, 0.25) is 0 Å². The Morgan fingerprint density at radius 1 is 0.967 bits per heavy atom. The van der Waals surface area contributed by atoms with Gasteiger partial charge in [-0.3, -0.25) is 9.88 Å². The number of nitrogens with zero attached hydrogens (tertiary/aromatic N) is 2. The van der Waals surface area contributed by atoms with Gasteiger partial charge >= 0.3 is 6.09 Å². The van der Waals surface area contributed by atoms with Crippen LogP contribution in [0.1, 0.15) is 26.3 Å². The molecule has 0 aliphatic heterocycles. The van der Waals surface area contributed by atoms with Crippen LogP contribution in [0.3, 0.4) is 0 Å². The first kappa shape index (κ1) is 19.7. The molecule has 0 spiro atoms. The molecule has 1 N–H and O–H groups in total. The van der Waals surface area contributed by atoms with E-state index in [1.54, 1.807) is 29.3 Å². The molecule has 0 fully saturated rings. The van der Waals surface area contributed by atoms with Crippen molar-refractivity contribution in [3.8, 4) is 5.75 Å². The molecule has 0 aliphatic carbocycles. The fourth-order valence-electron chi connectivity index (χ4n) is 3.54. The molecule has 1 heterocycles. The zero-order chi connectivity index (χ0) is 21.3. The van der Waals surface area contributed by atoms with E-state index in [4.69, 9.17) is 4.74 Å². The van der Waals surface area contributed by atoms with Crippen LogP contribution in [-0.4, -0.2) is 21.8 Å². The maximum atomic E-state index is 13.2. The summed E-state index contributed by atoms with van der Waals surface area (Å²) in [5.41, 5.74) is 1.45. The number of hydrogen-bond acceptors (Lipinski definition) is 4. The fourth-order valence-corrected chi connectivity index (χ4v) is 3.54. The first-order valence-corrected chi connectivity index (χ1v) is 9.87. The summed E-state index contributed by atoms with van der Waals surface area (Å²) in [5.74, 6) is 0.0728. The number of rotatable bonds is 3. The summed E-state index contributed by atoms with van der Waals surface area (Å²) in [4.78, 5) is 19.1. The van der Waals surface area contributed by atoms with Crippen molar-refractivity contribution in [2.45, 2.75) is 32.9 Å². The summed E-state index contributed by atoms with van der Waals surface area (Å²) in [6, 6.07) is 21.1. The van der Waals surface area contributed by atoms with E-state index in [9.17, 15) is 9.90 Å². The molecule has 0 atom stereocenters. The van der Waals surface area contributed by atoms with Crippen LogP contribution in [0.2, 0.25) is 0 Å². The molecule has 0 saturated heterocycles. The van der Waals surface area contributed by atoms with Gasteiger partial charge in [0.15, 0.2) is 0 Å². The number of pyridine rings is 1. The highest BCUT2D eigenvalue weighted by atomic mass is 16.6. The van der Waals surface area contributed by atoms with Gasteiger partial charge in [0, 0.05) is 11.6 Å². The minimum Gasteiger partial charge on any atom is -0.506 e. The lowest BCUT2D eigenvalue weighted by Crippen LogP contribution is -2.36. The van der Waals surface area contributed by atoms with Crippen molar-refractivity contribution in [2.75, 3.05) is 4.90 Å². The summed E-state index contributed by atoms with van der Waals surface area (Å²) in [5, 5.41) is 13.1. The third-order valence-electron chi connectivity index (χ3n) is 4.84. The number of hydrogen-bond donors (Lipinski definition) is 1. The quantitative estimate of drug-likeness (QED) is 0.456. The van der Waals surface area contributed by atoms with E-state index in [-0.39, 0.29) is 5.75 Å². The highest BCUT2D eigenvalue weighted by Gasteiger charge is 2.26. The number of fused-ring (bicyclic) bond motifs is 2. The molecule has 4 aromatic rings. The summed E-state index contributed by atoms with van der Waals surface area (Å²) in [7, 11) is 0. The van der Waals surface area contributed by atoms with Crippen LogP contribution >= 0.6 is 0 Å². The van der Waals surface area contributed by atoms with Crippen molar-refractivity contribution in [3.05, 3.63) is 78.5 Å². The van der Waals surface area contributed by atoms with Gasteiger partial charge in [-0.15, -0.1) is 0 Å². The van der Waals surface area contributed by atoms with E-state index in [1.165, 1.54) is 0 Å². The van der Waals surface area contributed by atoms with Crippen LogP contribution in [0, 0.1) is 0 Å². The molecule has 4 rings (SSSR count). The number of amides is 1. The molecule has 1 amide bonds. The molecule has 5 heteroatoms. The zero-order valence-electron chi connectivity index (χ0n) is 17.3. The number of aromatic nitrogens is 1. The van der Waals surface area contributed by atoms with Gasteiger partial charge in [-0.05, 0) is 61.4 Å². The van der Waals surface area contributed by atoms with Crippen LogP contribution < -0.4 is 4.90 Å². The predicted molar refractivity (Wildman–Crippen MR) is 120 cm³/mol. The molecule has 0 radical (unpaired) electrons. The SMILES string of the molecule is CC(C)(C)OC(=O)N(Cc1cccc2ccccc12)c1ccc(O)c2ncccc12. The van der Waals surface area contributed by atoms with Gasteiger partial charge in [0.1, 0.15) is 16.9 Å². The number of ether oxygens (including phenoxy) is 1. The molecule has 0 unspecified atom stereocenters. The fraction of sp³-hybridized carbons (Fsp3) is 0.200. The second kappa shape index (κ2) is 7.67. The Hall–Kier alpha value is -3.60. The Labute approximate surface area is 175 Å². The maximum Gasteiger partial charge on any atom is 0.415 e. The van der Waals surface area contributed by atoms with Crippen molar-refractivity contribution >= 4 is 33.5 Å². The van der Waals surface area contributed by atoms with Gasteiger partial charge in [0.25, 0.3) is 0 Å². The normalized spacial score (nSPS) is 11.6. The Morgan fingerprint density at radius 3 is 2.50 bits per heavy atom. The number of carbonyl (C=O) groups excluding carboxylic acids is 1. The van der Waals surface area contributed by atoms with Gasteiger partial charge in [0.05, 0.1) is 12.2 Å². The van der Waals surface area contributed by atoms with Crippen LogP contribution in [0.5, 0.6) is 5.75 Å². The molecular formula is C25H24N2O3. The summed E-state index contributed by atoms with van der Waals surface area (Å²) in [6.45, 7) is 5.86. The topological polar surface area (TPSA) is 62.7 Å². The number of aromatic hydroxyl groups is 1. The second-order valence-corrected chi connectivity index (χ2v) is 8.21. The molecule has 0 aliphatic rings. The van der Waals surface area contributed by atoms with E-state index >= 15 is 0 Å². The first-order valence-electron chi connectivity index (χ1n) is 9.87. The average molecular weight is 400 g/mol. The van der Waals surface area contributed by atoms with E-state index < -0.39 is 11.7 Å². The zero-order valence-corrected chi connectivity index (χ0v) is 17.3. The number of carbonyl (C=O) groups is 1. The van der Waals surface area contributed by atoms with E-state index in [0.717, 1.165) is 16.3 Å². The minimum absolute atomic E-state index is 0.0728. The van der Waals surface area contributed by atoms with Crippen molar-refractivity contribution in [3.63, 3.8) is 0 Å². The van der Waals surface area contributed by atoms with Gasteiger partial charge < -0.3 is 9.84 Å². The van der Waals surface area contributed by atoms with Crippen LogP contribution in [0.4, 0.5) is 10.5 Å². The summed E-state index contributed by atoms with van der Waals surface area (Å²) in [6.07, 6.45) is 1.17.